The first-order chi connectivity index (χ1) is 14.6. The first kappa shape index (κ1) is 25.8. The number of nitrogens with zero attached hydrogens (tertiary/aromatic N) is 5. The van der Waals surface area contributed by atoms with Crippen LogP contribution in [-0.4, -0.2) is 72.9 Å². The molecule has 3 heterocycles. The fourth-order valence-electron chi connectivity index (χ4n) is 5.26. The summed E-state index contributed by atoms with van der Waals surface area (Å²) in [6, 6.07) is 0.187. The molecule has 3 rings (SSSR count). The van der Waals surface area contributed by atoms with Gasteiger partial charge in [0.25, 0.3) is 0 Å². The average molecular weight is 565 g/mol. The summed E-state index contributed by atoms with van der Waals surface area (Å²) in [5.74, 6) is 0.0703. The summed E-state index contributed by atoms with van der Waals surface area (Å²) in [7, 11) is 0. The van der Waals surface area contributed by atoms with Crippen LogP contribution in [0.15, 0.2) is 0 Å². The number of hydrogen-bond acceptors (Lipinski definition) is 10. The van der Waals surface area contributed by atoms with E-state index >= 15 is 0 Å². The second kappa shape index (κ2) is 8.73. The predicted octanol–water partition coefficient (Wildman–Crippen LogP) is 0.132. The second-order valence-electron chi connectivity index (χ2n) is 11.5. The summed E-state index contributed by atoms with van der Waals surface area (Å²) in [6.45, 7) is 16.1. The molecule has 2 saturated heterocycles. The summed E-state index contributed by atoms with van der Waals surface area (Å²) in [6.07, 6.45) is 2.71. The SMILES string of the molecule is CC1(C)CC(Oc2nc(NO)nc([I-]C3CC(C)(C)N(O)C(C)(C)C3)n2)CC(C)(C)N1O. The van der Waals surface area contributed by atoms with Crippen molar-refractivity contribution in [2.45, 2.75) is 113 Å². The zero-order valence-electron chi connectivity index (χ0n) is 20.3. The van der Waals surface area contributed by atoms with Crippen molar-refractivity contribution in [3.63, 3.8) is 0 Å². The first-order valence-corrected chi connectivity index (χ1v) is 13.3. The first-order valence-electron chi connectivity index (χ1n) is 11.0. The fourth-order valence-corrected chi connectivity index (χ4v) is 9.36. The molecule has 0 radical (unpaired) electrons. The van der Waals surface area contributed by atoms with Crippen LogP contribution in [0.1, 0.15) is 81.1 Å². The molecule has 0 bridgehead atoms. The summed E-state index contributed by atoms with van der Waals surface area (Å²) in [4.78, 5) is 13.2. The number of alkyl halides is 1. The number of anilines is 1. The molecule has 184 valence electrons. The fraction of sp³-hybridized carbons (Fsp3) is 0.857. The molecule has 11 heteroatoms. The van der Waals surface area contributed by atoms with Crippen molar-refractivity contribution in [1.29, 1.82) is 0 Å². The number of nitrogens with one attached hydrogen (secondary N) is 1. The van der Waals surface area contributed by atoms with Gasteiger partial charge < -0.3 is 0 Å². The second-order valence-corrected chi connectivity index (χ2v) is 14.8. The molecule has 0 aliphatic carbocycles. The summed E-state index contributed by atoms with van der Waals surface area (Å²) in [5.41, 5.74) is 0.446. The van der Waals surface area contributed by atoms with Crippen LogP contribution >= 0.6 is 0 Å². The van der Waals surface area contributed by atoms with Crippen LogP contribution in [0.5, 0.6) is 6.01 Å². The Kier molecular flexibility index (Phi) is 7.03. The molecule has 0 unspecified atom stereocenters. The summed E-state index contributed by atoms with van der Waals surface area (Å²) >= 11 is -0.623. The number of hydroxylamine groups is 4. The van der Waals surface area contributed by atoms with Gasteiger partial charge in [-0.25, -0.2) is 0 Å². The van der Waals surface area contributed by atoms with Gasteiger partial charge in [0.1, 0.15) is 0 Å². The van der Waals surface area contributed by atoms with E-state index in [1.54, 1.807) is 0 Å². The Balaban J connectivity index is 1.79. The van der Waals surface area contributed by atoms with Crippen LogP contribution in [0, 0.1) is 3.83 Å². The third-order valence-electron chi connectivity index (χ3n) is 6.40. The zero-order chi connectivity index (χ0) is 24.1. The number of hydrogen-bond donors (Lipinski definition) is 4. The van der Waals surface area contributed by atoms with E-state index in [0.717, 1.165) is 12.8 Å². The molecule has 4 N–H and O–H groups in total. The normalized spacial score (nSPS) is 26.2. The molecule has 10 nitrogen and oxygen atoms in total. The molecule has 1 aromatic rings. The van der Waals surface area contributed by atoms with Crippen LogP contribution in [0.4, 0.5) is 5.95 Å². The van der Waals surface area contributed by atoms with Gasteiger partial charge in [0, 0.05) is 0 Å². The third kappa shape index (κ3) is 5.44. The van der Waals surface area contributed by atoms with Crippen molar-refractivity contribution in [2.75, 3.05) is 5.48 Å². The van der Waals surface area contributed by atoms with Crippen LogP contribution in [0.25, 0.3) is 0 Å². The van der Waals surface area contributed by atoms with Gasteiger partial charge in [-0.05, 0) is 0 Å². The summed E-state index contributed by atoms with van der Waals surface area (Å²) in [5, 5.41) is 33.5. The Morgan fingerprint density at radius 1 is 0.812 bits per heavy atom. The van der Waals surface area contributed by atoms with Crippen molar-refractivity contribution in [3.8, 4) is 6.01 Å². The zero-order valence-corrected chi connectivity index (χ0v) is 22.5. The standard InChI is InChI=1S/C21H38IN6O4/c1-18(2)9-13(10-19(3,4)27(18)30)22-15-23-16(26-29)25-17(24-15)32-14-11-20(5,6)28(31)21(7,8)12-14/h13-14,29-31H,9-12H2,1-8H3,(H,23,24,25,26)/q-1. The van der Waals surface area contributed by atoms with Gasteiger partial charge in [0.2, 0.25) is 0 Å². The van der Waals surface area contributed by atoms with Crippen LogP contribution in [0.2, 0.25) is 0 Å². The van der Waals surface area contributed by atoms with Crippen LogP contribution in [-0.2, 0) is 0 Å². The molecule has 0 atom stereocenters. The third-order valence-corrected chi connectivity index (χ3v) is 9.20. The Hall–Kier alpha value is -0.860. The Bertz CT molecular complexity index is 736. The molecule has 1 aromatic heterocycles. The Morgan fingerprint density at radius 3 is 1.75 bits per heavy atom. The number of aromatic nitrogens is 3. The molecule has 2 aliphatic heterocycles. The van der Waals surface area contributed by atoms with Crippen LogP contribution in [0.3, 0.4) is 0 Å². The number of halogens is 1. The van der Waals surface area contributed by atoms with E-state index in [4.69, 9.17) is 4.74 Å². The molecule has 2 aliphatic rings. The van der Waals surface area contributed by atoms with Crippen molar-refractivity contribution >= 4 is 5.95 Å². The van der Waals surface area contributed by atoms with Gasteiger partial charge in [-0.1, -0.05) is 0 Å². The number of ether oxygens (including phenoxy) is 1. The van der Waals surface area contributed by atoms with Crippen molar-refractivity contribution < 1.29 is 41.6 Å². The van der Waals surface area contributed by atoms with Gasteiger partial charge >= 0.3 is 201 Å². The minimum absolute atomic E-state index is 0.0703. The molecule has 0 amide bonds. The molecule has 0 aromatic carbocycles. The number of rotatable bonds is 5. The quantitative estimate of drug-likeness (QED) is 0.222. The maximum atomic E-state index is 10.6. The molecule has 2 fully saturated rings. The Morgan fingerprint density at radius 2 is 1.28 bits per heavy atom. The monoisotopic (exact) mass is 565 g/mol. The predicted molar refractivity (Wildman–Crippen MR) is 114 cm³/mol. The van der Waals surface area contributed by atoms with E-state index in [-0.39, 0.29) is 29.1 Å². The minimum atomic E-state index is -0.623. The van der Waals surface area contributed by atoms with Crippen molar-refractivity contribution in [1.82, 2.24) is 25.1 Å². The van der Waals surface area contributed by atoms with E-state index in [0.29, 0.717) is 20.6 Å². The molecule has 0 saturated carbocycles. The Labute approximate surface area is 200 Å². The van der Waals surface area contributed by atoms with E-state index in [9.17, 15) is 15.6 Å². The van der Waals surface area contributed by atoms with Crippen LogP contribution < -0.4 is 31.4 Å². The number of piperidine rings is 2. The molecular formula is C21H38IN6O4-. The molecule has 32 heavy (non-hydrogen) atoms. The van der Waals surface area contributed by atoms with E-state index in [2.05, 4.69) is 15.0 Å². The van der Waals surface area contributed by atoms with Crippen molar-refractivity contribution in [2.24, 2.45) is 0 Å². The van der Waals surface area contributed by atoms with Gasteiger partial charge in [0.15, 0.2) is 0 Å². The van der Waals surface area contributed by atoms with Gasteiger partial charge in [0.05, 0.1) is 0 Å². The van der Waals surface area contributed by atoms with E-state index in [1.807, 2.05) is 60.9 Å². The maximum absolute atomic E-state index is 10.6. The molecule has 0 spiro atoms. The van der Waals surface area contributed by atoms with Gasteiger partial charge in [-0.2, -0.15) is 0 Å². The molecular weight excluding hydrogens is 527 g/mol. The van der Waals surface area contributed by atoms with Gasteiger partial charge in [-0.15, -0.1) is 0 Å². The van der Waals surface area contributed by atoms with E-state index < -0.39 is 32.3 Å². The van der Waals surface area contributed by atoms with Crippen molar-refractivity contribution in [3.05, 3.63) is 3.83 Å². The topological polar surface area (TPSA) is 127 Å². The van der Waals surface area contributed by atoms with E-state index in [1.165, 1.54) is 10.1 Å². The summed E-state index contributed by atoms with van der Waals surface area (Å²) < 4.78 is 7.17. The van der Waals surface area contributed by atoms with Gasteiger partial charge in [-0.3, -0.25) is 0 Å². The average Bonchev–Trinajstić information content (AvgIpc) is 2.63.